The van der Waals surface area contributed by atoms with Gasteiger partial charge in [0.05, 0.1) is 0 Å². The molecule has 0 radical (unpaired) electrons. The van der Waals surface area contributed by atoms with Gasteiger partial charge in [-0.2, -0.15) is 4.98 Å². The second kappa shape index (κ2) is 8.27. The number of hydrogen-bond acceptors (Lipinski definition) is 5. The van der Waals surface area contributed by atoms with E-state index >= 15 is 0 Å². The van der Waals surface area contributed by atoms with Crippen molar-refractivity contribution in [2.75, 3.05) is 28.6 Å². The van der Waals surface area contributed by atoms with E-state index in [1.54, 1.807) is 6.20 Å². The SMILES string of the molecule is Clc1cccc(Nc2ccnc(Nc3ccc(N4CCCCC4)cc3)n2)c1. The summed E-state index contributed by atoms with van der Waals surface area (Å²) in [6, 6.07) is 17.8. The summed E-state index contributed by atoms with van der Waals surface area (Å²) in [4.78, 5) is 11.3. The van der Waals surface area contributed by atoms with Crippen molar-refractivity contribution >= 4 is 40.4 Å². The molecule has 2 heterocycles. The van der Waals surface area contributed by atoms with Gasteiger partial charge in [0.2, 0.25) is 5.95 Å². The van der Waals surface area contributed by atoms with Crippen LogP contribution in [0.15, 0.2) is 60.8 Å². The van der Waals surface area contributed by atoms with Crippen LogP contribution >= 0.6 is 11.6 Å². The van der Waals surface area contributed by atoms with Crippen LogP contribution in [0.2, 0.25) is 5.02 Å². The predicted octanol–water partition coefficient (Wildman–Crippen LogP) is 5.61. The number of nitrogens with zero attached hydrogens (tertiary/aromatic N) is 3. The molecule has 0 amide bonds. The van der Waals surface area contributed by atoms with Gasteiger partial charge in [-0.05, 0) is 67.8 Å². The van der Waals surface area contributed by atoms with Gasteiger partial charge in [-0.1, -0.05) is 17.7 Å². The predicted molar refractivity (Wildman–Crippen MR) is 113 cm³/mol. The third kappa shape index (κ3) is 4.68. The quantitative estimate of drug-likeness (QED) is 0.603. The third-order valence-electron chi connectivity index (χ3n) is 4.60. The van der Waals surface area contributed by atoms with Crippen LogP contribution in [-0.2, 0) is 0 Å². The number of piperidine rings is 1. The highest BCUT2D eigenvalue weighted by atomic mass is 35.5. The van der Waals surface area contributed by atoms with E-state index in [9.17, 15) is 0 Å². The van der Waals surface area contributed by atoms with Crippen LogP contribution < -0.4 is 15.5 Å². The first-order valence-corrected chi connectivity index (χ1v) is 9.62. The first-order valence-electron chi connectivity index (χ1n) is 9.24. The lowest BCUT2D eigenvalue weighted by Crippen LogP contribution is -2.29. The Kier molecular flexibility index (Phi) is 5.39. The fraction of sp³-hybridized carbons (Fsp3) is 0.238. The Morgan fingerprint density at radius 2 is 1.67 bits per heavy atom. The minimum Gasteiger partial charge on any atom is -0.372 e. The Balaban J connectivity index is 1.43. The average molecular weight is 380 g/mol. The average Bonchev–Trinajstić information content (AvgIpc) is 2.70. The molecule has 138 valence electrons. The van der Waals surface area contributed by atoms with Gasteiger partial charge in [0, 0.05) is 41.4 Å². The molecule has 1 aliphatic rings. The van der Waals surface area contributed by atoms with Gasteiger partial charge in [-0.25, -0.2) is 4.98 Å². The molecule has 4 rings (SSSR count). The van der Waals surface area contributed by atoms with Crippen molar-refractivity contribution < 1.29 is 0 Å². The van der Waals surface area contributed by atoms with Crippen molar-refractivity contribution in [2.45, 2.75) is 19.3 Å². The van der Waals surface area contributed by atoms with Crippen molar-refractivity contribution in [2.24, 2.45) is 0 Å². The Hall–Kier alpha value is -2.79. The number of halogens is 1. The molecular weight excluding hydrogens is 358 g/mol. The van der Waals surface area contributed by atoms with Crippen LogP contribution in [0.4, 0.5) is 28.8 Å². The zero-order valence-electron chi connectivity index (χ0n) is 15.0. The summed E-state index contributed by atoms with van der Waals surface area (Å²) in [5.41, 5.74) is 3.13. The molecule has 3 aromatic rings. The molecule has 1 aromatic heterocycles. The summed E-state index contributed by atoms with van der Waals surface area (Å²) in [7, 11) is 0. The number of anilines is 5. The summed E-state index contributed by atoms with van der Waals surface area (Å²) in [5.74, 6) is 1.26. The third-order valence-corrected chi connectivity index (χ3v) is 4.83. The van der Waals surface area contributed by atoms with Gasteiger partial charge in [0.25, 0.3) is 0 Å². The molecular formula is C21H22ClN5. The monoisotopic (exact) mass is 379 g/mol. The molecule has 5 nitrogen and oxygen atoms in total. The van der Waals surface area contributed by atoms with Crippen molar-refractivity contribution in [3.63, 3.8) is 0 Å². The van der Waals surface area contributed by atoms with Crippen LogP contribution in [0.3, 0.4) is 0 Å². The number of aromatic nitrogens is 2. The van der Waals surface area contributed by atoms with Gasteiger partial charge in [-0.3, -0.25) is 0 Å². The fourth-order valence-corrected chi connectivity index (χ4v) is 3.43. The summed E-state index contributed by atoms with van der Waals surface area (Å²) < 4.78 is 0. The highest BCUT2D eigenvalue weighted by Gasteiger charge is 2.10. The van der Waals surface area contributed by atoms with E-state index in [0.29, 0.717) is 16.8 Å². The molecule has 0 bridgehead atoms. The molecule has 0 atom stereocenters. The first-order chi connectivity index (χ1) is 13.3. The van der Waals surface area contributed by atoms with E-state index in [-0.39, 0.29) is 0 Å². The molecule has 0 unspecified atom stereocenters. The largest absolute Gasteiger partial charge is 0.372 e. The maximum absolute atomic E-state index is 6.03. The highest BCUT2D eigenvalue weighted by Crippen LogP contribution is 2.24. The van der Waals surface area contributed by atoms with Crippen molar-refractivity contribution in [3.8, 4) is 0 Å². The molecule has 27 heavy (non-hydrogen) atoms. The Bertz CT molecular complexity index is 891. The maximum Gasteiger partial charge on any atom is 0.229 e. The standard InChI is InChI=1S/C21H22ClN5/c22-16-5-4-6-18(15-16)24-20-11-12-23-21(26-20)25-17-7-9-19(10-8-17)27-13-2-1-3-14-27/h4-12,15H,1-3,13-14H2,(H2,23,24,25,26). The topological polar surface area (TPSA) is 53.1 Å². The van der Waals surface area contributed by atoms with Crippen LogP contribution in [0.25, 0.3) is 0 Å². The Morgan fingerprint density at radius 1 is 0.852 bits per heavy atom. The van der Waals surface area contributed by atoms with Gasteiger partial charge < -0.3 is 15.5 Å². The minimum absolute atomic E-state index is 0.549. The first kappa shape index (κ1) is 17.6. The van der Waals surface area contributed by atoms with E-state index in [1.807, 2.05) is 30.3 Å². The highest BCUT2D eigenvalue weighted by molar-refractivity contribution is 6.30. The molecule has 0 aliphatic carbocycles. The maximum atomic E-state index is 6.03. The van der Waals surface area contributed by atoms with Crippen LogP contribution in [0.1, 0.15) is 19.3 Å². The smallest absolute Gasteiger partial charge is 0.229 e. The Labute approximate surface area is 164 Å². The van der Waals surface area contributed by atoms with E-state index in [1.165, 1.54) is 24.9 Å². The number of benzene rings is 2. The minimum atomic E-state index is 0.549. The van der Waals surface area contributed by atoms with Gasteiger partial charge in [0.1, 0.15) is 5.82 Å². The zero-order chi connectivity index (χ0) is 18.5. The molecule has 0 spiro atoms. The van der Waals surface area contributed by atoms with Crippen LogP contribution in [0.5, 0.6) is 0 Å². The number of rotatable bonds is 5. The zero-order valence-corrected chi connectivity index (χ0v) is 15.8. The summed E-state index contributed by atoms with van der Waals surface area (Å²) in [6.07, 6.45) is 5.62. The van der Waals surface area contributed by atoms with Crippen molar-refractivity contribution in [1.82, 2.24) is 9.97 Å². The van der Waals surface area contributed by atoms with Crippen LogP contribution in [0, 0.1) is 0 Å². The molecule has 6 heteroatoms. The second-order valence-corrected chi connectivity index (χ2v) is 7.06. The lowest BCUT2D eigenvalue weighted by atomic mass is 10.1. The van der Waals surface area contributed by atoms with Gasteiger partial charge >= 0.3 is 0 Å². The fourth-order valence-electron chi connectivity index (χ4n) is 3.24. The normalized spacial score (nSPS) is 14.0. The van der Waals surface area contributed by atoms with E-state index < -0.39 is 0 Å². The number of nitrogens with one attached hydrogen (secondary N) is 2. The molecule has 2 N–H and O–H groups in total. The van der Waals surface area contributed by atoms with Crippen molar-refractivity contribution in [1.29, 1.82) is 0 Å². The summed E-state index contributed by atoms with van der Waals surface area (Å²) >= 11 is 6.03. The lowest BCUT2D eigenvalue weighted by molar-refractivity contribution is 0.578. The number of hydrogen-bond donors (Lipinski definition) is 2. The lowest BCUT2D eigenvalue weighted by Gasteiger charge is -2.28. The van der Waals surface area contributed by atoms with Crippen molar-refractivity contribution in [3.05, 3.63) is 65.8 Å². The molecule has 2 aromatic carbocycles. The molecule has 1 fully saturated rings. The van der Waals surface area contributed by atoms with Gasteiger partial charge in [0.15, 0.2) is 0 Å². The summed E-state index contributed by atoms with van der Waals surface area (Å²) in [5, 5.41) is 7.19. The molecule has 0 saturated carbocycles. The molecule has 1 aliphatic heterocycles. The summed E-state index contributed by atoms with van der Waals surface area (Å²) in [6.45, 7) is 2.29. The Morgan fingerprint density at radius 3 is 2.44 bits per heavy atom. The van der Waals surface area contributed by atoms with E-state index in [0.717, 1.165) is 24.5 Å². The van der Waals surface area contributed by atoms with Crippen LogP contribution in [-0.4, -0.2) is 23.1 Å². The van der Waals surface area contributed by atoms with E-state index in [2.05, 4.69) is 49.8 Å². The van der Waals surface area contributed by atoms with E-state index in [4.69, 9.17) is 11.6 Å². The second-order valence-electron chi connectivity index (χ2n) is 6.62. The van der Waals surface area contributed by atoms with Gasteiger partial charge in [-0.15, -0.1) is 0 Å². The molecule has 1 saturated heterocycles.